The minimum Gasteiger partial charge on any atom is -0.329 e. The molecule has 0 aliphatic carbocycles. The second kappa shape index (κ2) is 4.93. The van der Waals surface area contributed by atoms with Crippen LogP contribution in [0.15, 0.2) is 42.6 Å². The average Bonchev–Trinajstić information content (AvgIpc) is 2.38. The van der Waals surface area contributed by atoms with Gasteiger partial charge in [-0.2, -0.15) is 0 Å². The van der Waals surface area contributed by atoms with Crippen LogP contribution >= 0.6 is 0 Å². The second-order valence-electron chi connectivity index (χ2n) is 3.77. The summed E-state index contributed by atoms with van der Waals surface area (Å²) in [5, 5.41) is 0. The van der Waals surface area contributed by atoms with E-state index in [1.165, 1.54) is 12.1 Å². The number of aromatic nitrogens is 1. The largest absolute Gasteiger partial charge is 0.329 e. The summed E-state index contributed by atoms with van der Waals surface area (Å²) in [6.45, 7) is 0.469. The normalized spacial score (nSPS) is 10.3. The lowest BCUT2D eigenvalue weighted by atomic mass is 10.2. The van der Waals surface area contributed by atoms with E-state index in [4.69, 9.17) is 5.73 Å². The summed E-state index contributed by atoms with van der Waals surface area (Å²) >= 11 is 0. The molecule has 2 aromatic rings. The molecule has 0 atom stereocenters. The van der Waals surface area contributed by atoms with Crippen LogP contribution in [0.2, 0.25) is 0 Å². The first-order valence-corrected chi connectivity index (χ1v) is 5.35. The monoisotopic (exact) mass is 231 g/mol. The van der Waals surface area contributed by atoms with Gasteiger partial charge in [0.25, 0.3) is 0 Å². The van der Waals surface area contributed by atoms with Crippen molar-refractivity contribution in [1.29, 1.82) is 0 Å². The van der Waals surface area contributed by atoms with Crippen molar-refractivity contribution in [2.45, 2.75) is 6.54 Å². The third kappa shape index (κ3) is 2.60. The van der Waals surface area contributed by atoms with Gasteiger partial charge in [0.1, 0.15) is 11.6 Å². The van der Waals surface area contributed by atoms with Gasteiger partial charge in [-0.05, 0) is 29.8 Å². The molecule has 0 bridgehead atoms. The van der Waals surface area contributed by atoms with Crippen LogP contribution in [0.25, 0.3) is 0 Å². The maximum absolute atomic E-state index is 13.1. The van der Waals surface area contributed by atoms with Crippen LogP contribution in [0.1, 0.15) is 5.56 Å². The fourth-order valence-electron chi connectivity index (χ4n) is 1.55. The Kier molecular flexibility index (Phi) is 3.35. The van der Waals surface area contributed by atoms with Crippen molar-refractivity contribution in [3.8, 4) is 0 Å². The minimum atomic E-state index is -0.257. The van der Waals surface area contributed by atoms with Crippen LogP contribution < -0.4 is 10.6 Å². The molecule has 3 nitrogen and oxygen atoms in total. The minimum absolute atomic E-state index is 0.257. The molecule has 2 N–H and O–H groups in total. The number of benzene rings is 1. The topological polar surface area (TPSA) is 42.1 Å². The molecule has 17 heavy (non-hydrogen) atoms. The van der Waals surface area contributed by atoms with Crippen LogP contribution in [0.4, 0.5) is 15.9 Å². The van der Waals surface area contributed by atoms with E-state index in [9.17, 15) is 4.39 Å². The van der Waals surface area contributed by atoms with Gasteiger partial charge in [0.05, 0.1) is 0 Å². The summed E-state index contributed by atoms with van der Waals surface area (Å²) in [7, 11) is 1.85. The summed E-state index contributed by atoms with van der Waals surface area (Å²) in [6, 6.07) is 10.2. The first kappa shape index (κ1) is 11.5. The van der Waals surface area contributed by atoms with E-state index >= 15 is 0 Å². The van der Waals surface area contributed by atoms with E-state index in [0.29, 0.717) is 6.54 Å². The van der Waals surface area contributed by atoms with Gasteiger partial charge in [-0.25, -0.2) is 9.37 Å². The van der Waals surface area contributed by atoms with Gasteiger partial charge < -0.3 is 10.6 Å². The smallest absolute Gasteiger partial charge is 0.132 e. The third-order valence-corrected chi connectivity index (χ3v) is 2.58. The fraction of sp³-hybridized carbons (Fsp3) is 0.154. The van der Waals surface area contributed by atoms with Gasteiger partial charge in [0.2, 0.25) is 0 Å². The summed E-state index contributed by atoms with van der Waals surface area (Å²) < 4.78 is 13.1. The lowest BCUT2D eigenvalue weighted by molar-refractivity contribution is 0.628. The fourth-order valence-corrected chi connectivity index (χ4v) is 1.55. The molecule has 4 heteroatoms. The Balaban J connectivity index is 2.27. The molecule has 1 aromatic carbocycles. The molecule has 0 saturated heterocycles. The van der Waals surface area contributed by atoms with E-state index in [0.717, 1.165) is 17.1 Å². The SMILES string of the molecule is CN(c1cccc(F)c1)c1ccc(CN)cn1. The Morgan fingerprint density at radius 2 is 2.12 bits per heavy atom. The zero-order chi connectivity index (χ0) is 12.3. The lowest BCUT2D eigenvalue weighted by Crippen LogP contribution is -2.11. The lowest BCUT2D eigenvalue weighted by Gasteiger charge is -2.18. The summed E-state index contributed by atoms with van der Waals surface area (Å²) in [6.07, 6.45) is 1.73. The molecule has 88 valence electrons. The number of halogens is 1. The second-order valence-corrected chi connectivity index (χ2v) is 3.77. The molecule has 0 aliphatic rings. The highest BCUT2D eigenvalue weighted by molar-refractivity contribution is 5.58. The van der Waals surface area contributed by atoms with Crippen molar-refractivity contribution in [2.24, 2.45) is 5.73 Å². The predicted molar refractivity (Wildman–Crippen MR) is 66.6 cm³/mol. The van der Waals surface area contributed by atoms with Crippen molar-refractivity contribution in [1.82, 2.24) is 4.98 Å². The molecule has 0 saturated carbocycles. The molecule has 0 unspecified atom stereocenters. The van der Waals surface area contributed by atoms with Crippen molar-refractivity contribution < 1.29 is 4.39 Å². The van der Waals surface area contributed by atoms with Gasteiger partial charge in [-0.3, -0.25) is 0 Å². The maximum atomic E-state index is 13.1. The summed E-state index contributed by atoms with van der Waals surface area (Å²) in [5.74, 6) is 0.501. The highest BCUT2D eigenvalue weighted by atomic mass is 19.1. The standard InChI is InChI=1S/C13H14FN3/c1-17(12-4-2-3-11(14)7-12)13-6-5-10(8-15)9-16-13/h2-7,9H,8,15H2,1H3. The predicted octanol–water partition coefficient (Wildman–Crippen LogP) is 2.45. The zero-order valence-corrected chi connectivity index (χ0v) is 9.60. The number of rotatable bonds is 3. The van der Waals surface area contributed by atoms with E-state index in [2.05, 4.69) is 4.98 Å². The van der Waals surface area contributed by atoms with Crippen molar-refractivity contribution in [3.05, 3.63) is 54.0 Å². The van der Waals surface area contributed by atoms with Crippen LogP contribution in [-0.2, 0) is 6.54 Å². The van der Waals surface area contributed by atoms with Crippen molar-refractivity contribution >= 4 is 11.5 Å². The summed E-state index contributed by atoms with van der Waals surface area (Å²) in [5.41, 5.74) is 7.24. The molecule has 0 spiro atoms. The molecular formula is C13H14FN3. The van der Waals surface area contributed by atoms with E-state index in [1.54, 1.807) is 12.3 Å². The Bertz CT molecular complexity index is 496. The van der Waals surface area contributed by atoms with E-state index in [-0.39, 0.29) is 5.82 Å². The van der Waals surface area contributed by atoms with Gasteiger partial charge in [0.15, 0.2) is 0 Å². The molecule has 0 radical (unpaired) electrons. The van der Waals surface area contributed by atoms with Crippen LogP contribution in [0.5, 0.6) is 0 Å². The van der Waals surface area contributed by atoms with E-state index < -0.39 is 0 Å². The molecule has 1 aromatic heterocycles. The number of pyridine rings is 1. The number of anilines is 2. The quantitative estimate of drug-likeness (QED) is 0.882. The number of nitrogens with zero attached hydrogens (tertiary/aromatic N) is 2. The molecule has 2 rings (SSSR count). The van der Waals surface area contributed by atoms with E-state index in [1.807, 2.05) is 30.1 Å². The first-order chi connectivity index (χ1) is 8.20. The Morgan fingerprint density at radius 3 is 2.71 bits per heavy atom. The molecule has 0 amide bonds. The molecular weight excluding hydrogens is 217 g/mol. The number of nitrogens with two attached hydrogens (primary N) is 1. The zero-order valence-electron chi connectivity index (χ0n) is 9.60. The summed E-state index contributed by atoms with van der Waals surface area (Å²) in [4.78, 5) is 6.10. The molecule has 0 aliphatic heterocycles. The highest BCUT2D eigenvalue weighted by Gasteiger charge is 2.05. The van der Waals surface area contributed by atoms with Crippen molar-refractivity contribution in [3.63, 3.8) is 0 Å². The maximum Gasteiger partial charge on any atom is 0.132 e. The number of hydrogen-bond donors (Lipinski definition) is 1. The number of hydrogen-bond acceptors (Lipinski definition) is 3. The van der Waals surface area contributed by atoms with Crippen molar-refractivity contribution in [2.75, 3.05) is 11.9 Å². The van der Waals surface area contributed by atoms with Crippen LogP contribution in [-0.4, -0.2) is 12.0 Å². The third-order valence-electron chi connectivity index (χ3n) is 2.58. The highest BCUT2D eigenvalue weighted by Crippen LogP contribution is 2.21. The van der Waals surface area contributed by atoms with Crippen LogP contribution in [0, 0.1) is 5.82 Å². The van der Waals surface area contributed by atoms with Gasteiger partial charge in [-0.15, -0.1) is 0 Å². The molecule has 1 heterocycles. The van der Waals surface area contributed by atoms with Gasteiger partial charge >= 0.3 is 0 Å². The first-order valence-electron chi connectivity index (χ1n) is 5.35. The average molecular weight is 231 g/mol. The Labute approximate surface area is 99.7 Å². The Hall–Kier alpha value is -1.94. The van der Waals surface area contributed by atoms with Crippen LogP contribution in [0.3, 0.4) is 0 Å². The Morgan fingerprint density at radius 1 is 1.29 bits per heavy atom. The van der Waals surface area contributed by atoms with Gasteiger partial charge in [-0.1, -0.05) is 12.1 Å². The van der Waals surface area contributed by atoms with Gasteiger partial charge in [0, 0.05) is 25.5 Å². The molecule has 0 fully saturated rings.